The molecule has 2 rings (SSSR count). The van der Waals surface area contributed by atoms with E-state index in [9.17, 15) is 8.42 Å². The van der Waals surface area contributed by atoms with Crippen molar-refractivity contribution in [3.63, 3.8) is 0 Å². The largest absolute Gasteiger partial charge is 0.326 e. The van der Waals surface area contributed by atoms with Crippen LogP contribution in [0.1, 0.15) is 24.0 Å². The summed E-state index contributed by atoms with van der Waals surface area (Å²) in [6.45, 7) is 3.03. The molecule has 1 heterocycles. The Balaban J connectivity index is 1.89. The van der Waals surface area contributed by atoms with E-state index in [-0.39, 0.29) is 5.75 Å². The molecule has 3 N–H and O–H groups in total. The first kappa shape index (κ1) is 16.4. The van der Waals surface area contributed by atoms with E-state index in [1.54, 1.807) is 0 Å². The first-order valence-electron chi connectivity index (χ1n) is 7.42. The van der Waals surface area contributed by atoms with Crippen molar-refractivity contribution >= 4 is 10.0 Å². The van der Waals surface area contributed by atoms with Gasteiger partial charge in [0, 0.05) is 19.6 Å². The molecular formula is C15H25N3O2S. The molecular weight excluding hydrogens is 286 g/mol. The standard InChI is InChI=1S/C15H25N3O2S/c1-18-7-3-6-15(11-18)10-17-21(19,20)12-14-5-2-4-13(8-14)9-16/h2,4-5,8,15,17H,3,6-7,9-12,16H2,1H3. The van der Waals surface area contributed by atoms with E-state index in [1.807, 2.05) is 24.3 Å². The van der Waals surface area contributed by atoms with Gasteiger partial charge in [0.05, 0.1) is 5.75 Å². The lowest BCUT2D eigenvalue weighted by Gasteiger charge is -2.29. The SMILES string of the molecule is CN1CCCC(CNS(=O)(=O)Cc2cccc(CN)c2)C1. The Kier molecular flexibility index (Phi) is 5.75. The zero-order chi connectivity index (χ0) is 15.3. The molecule has 0 bridgehead atoms. The van der Waals surface area contributed by atoms with Gasteiger partial charge in [-0.15, -0.1) is 0 Å². The molecule has 1 aromatic carbocycles. The number of sulfonamides is 1. The van der Waals surface area contributed by atoms with E-state index >= 15 is 0 Å². The van der Waals surface area contributed by atoms with Crippen molar-refractivity contribution in [3.8, 4) is 0 Å². The number of rotatable bonds is 6. The molecule has 1 aromatic rings. The van der Waals surface area contributed by atoms with Gasteiger partial charge in [-0.1, -0.05) is 24.3 Å². The molecule has 1 unspecified atom stereocenters. The number of hydrogen-bond acceptors (Lipinski definition) is 4. The smallest absolute Gasteiger partial charge is 0.215 e. The predicted molar refractivity (Wildman–Crippen MR) is 85.2 cm³/mol. The van der Waals surface area contributed by atoms with Crippen LogP contribution in [0.15, 0.2) is 24.3 Å². The molecule has 0 radical (unpaired) electrons. The monoisotopic (exact) mass is 311 g/mol. The molecule has 0 saturated carbocycles. The minimum atomic E-state index is -3.29. The molecule has 1 aliphatic rings. The van der Waals surface area contributed by atoms with Crippen LogP contribution in [-0.4, -0.2) is 40.0 Å². The Morgan fingerprint density at radius 2 is 2.14 bits per heavy atom. The molecule has 1 fully saturated rings. The second-order valence-electron chi connectivity index (χ2n) is 5.90. The van der Waals surface area contributed by atoms with E-state index in [2.05, 4.69) is 16.7 Å². The summed E-state index contributed by atoms with van der Waals surface area (Å²) < 4.78 is 27.1. The molecule has 0 aliphatic carbocycles. The van der Waals surface area contributed by atoms with Crippen LogP contribution < -0.4 is 10.5 Å². The van der Waals surface area contributed by atoms with Gasteiger partial charge in [0.25, 0.3) is 0 Å². The first-order chi connectivity index (χ1) is 9.98. The number of nitrogens with zero attached hydrogens (tertiary/aromatic N) is 1. The van der Waals surface area contributed by atoms with E-state index in [4.69, 9.17) is 5.73 Å². The molecule has 1 atom stereocenters. The van der Waals surface area contributed by atoms with Crippen LogP contribution in [0, 0.1) is 5.92 Å². The third-order valence-corrected chi connectivity index (χ3v) is 5.22. The third-order valence-electron chi connectivity index (χ3n) is 3.90. The van der Waals surface area contributed by atoms with Crippen LogP contribution in [0.2, 0.25) is 0 Å². The lowest BCUT2D eigenvalue weighted by Crippen LogP contribution is -2.39. The minimum absolute atomic E-state index is 0.0173. The number of benzene rings is 1. The Hall–Kier alpha value is -0.950. The highest BCUT2D eigenvalue weighted by molar-refractivity contribution is 7.88. The zero-order valence-electron chi connectivity index (χ0n) is 12.6. The minimum Gasteiger partial charge on any atom is -0.326 e. The van der Waals surface area contributed by atoms with E-state index in [0.29, 0.717) is 19.0 Å². The third kappa shape index (κ3) is 5.39. The molecule has 1 aliphatic heterocycles. The number of nitrogens with two attached hydrogens (primary N) is 1. The van der Waals surface area contributed by atoms with E-state index in [0.717, 1.165) is 37.1 Å². The van der Waals surface area contributed by atoms with Crippen LogP contribution in [0.5, 0.6) is 0 Å². The van der Waals surface area contributed by atoms with Crippen molar-refractivity contribution in [2.45, 2.75) is 25.1 Å². The maximum atomic E-state index is 12.2. The normalized spacial score (nSPS) is 20.6. The second-order valence-corrected chi connectivity index (χ2v) is 7.71. The maximum Gasteiger partial charge on any atom is 0.215 e. The summed E-state index contributed by atoms with van der Waals surface area (Å²) in [6.07, 6.45) is 2.23. The predicted octanol–water partition coefficient (Wildman–Crippen LogP) is 0.907. The molecule has 21 heavy (non-hydrogen) atoms. The van der Waals surface area contributed by atoms with Crippen molar-refractivity contribution in [2.75, 3.05) is 26.7 Å². The first-order valence-corrected chi connectivity index (χ1v) is 9.07. The van der Waals surface area contributed by atoms with Crippen LogP contribution >= 0.6 is 0 Å². The van der Waals surface area contributed by atoms with Crippen molar-refractivity contribution in [1.82, 2.24) is 9.62 Å². The lowest BCUT2D eigenvalue weighted by atomic mass is 9.99. The Bertz CT molecular complexity index is 560. The fourth-order valence-electron chi connectivity index (χ4n) is 2.80. The van der Waals surface area contributed by atoms with Gasteiger partial charge < -0.3 is 10.6 Å². The summed E-state index contributed by atoms with van der Waals surface area (Å²) in [4.78, 5) is 2.26. The number of likely N-dealkylation sites (tertiary alicyclic amines) is 1. The number of hydrogen-bond donors (Lipinski definition) is 2. The highest BCUT2D eigenvalue weighted by Crippen LogP contribution is 2.15. The summed E-state index contributed by atoms with van der Waals surface area (Å²) >= 11 is 0. The molecule has 0 spiro atoms. The summed E-state index contributed by atoms with van der Waals surface area (Å²) in [5, 5.41) is 0. The fraction of sp³-hybridized carbons (Fsp3) is 0.600. The summed E-state index contributed by atoms with van der Waals surface area (Å²) in [6, 6.07) is 7.44. The van der Waals surface area contributed by atoms with Crippen molar-refractivity contribution in [3.05, 3.63) is 35.4 Å². The number of nitrogens with one attached hydrogen (secondary N) is 1. The summed E-state index contributed by atoms with van der Waals surface area (Å²) in [5.41, 5.74) is 7.32. The van der Waals surface area contributed by atoms with Gasteiger partial charge in [-0.3, -0.25) is 0 Å². The van der Waals surface area contributed by atoms with Crippen LogP contribution in [0.4, 0.5) is 0 Å². The molecule has 0 amide bonds. The average Bonchev–Trinajstić information content (AvgIpc) is 2.45. The fourth-order valence-corrected chi connectivity index (χ4v) is 4.01. The van der Waals surface area contributed by atoms with E-state index < -0.39 is 10.0 Å². The quantitative estimate of drug-likeness (QED) is 0.819. The van der Waals surface area contributed by atoms with Gasteiger partial charge in [0.1, 0.15) is 0 Å². The van der Waals surface area contributed by atoms with Gasteiger partial charge in [0.2, 0.25) is 10.0 Å². The van der Waals surface area contributed by atoms with Gasteiger partial charge in [0.15, 0.2) is 0 Å². The maximum absolute atomic E-state index is 12.2. The van der Waals surface area contributed by atoms with Crippen molar-refractivity contribution < 1.29 is 8.42 Å². The van der Waals surface area contributed by atoms with Crippen LogP contribution in [-0.2, 0) is 22.3 Å². The van der Waals surface area contributed by atoms with E-state index in [1.165, 1.54) is 0 Å². The number of piperidine rings is 1. The van der Waals surface area contributed by atoms with Gasteiger partial charge >= 0.3 is 0 Å². The summed E-state index contributed by atoms with van der Waals surface area (Å²) in [5.74, 6) is 0.428. The van der Waals surface area contributed by atoms with Crippen molar-refractivity contribution in [1.29, 1.82) is 0 Å². The molecule has 6 heteroatoms. The Morgan fingerprint density at radius 3 is 2.86 bits per heavy atom. The van der Waals surface area contributed by atoms with Crippen LogP contribution in [0.25, 0.3) is 0 Å². The topological polar surface area (TPSA) is 75.4 Å². The molecule has 5 nitrogen and oxygen atoms in total. The molecule has 1 saturated heterocycles. The van der Waals surface area contributed by atoms with Gasteiger partial charge in [-0.2, -0.15) is 0 Å². The lowest BCUT2D eigenvalue weighted by molar-refractivity contribution is 0.211. The zero-order valence-corrected chi connectivity index (χ0v) is 13.4. The highest BCUT2D eigenvalue weighted by Gasteiger charge is 2.20. The molecule has 0 aromatic heterocycles. The second kappa shape index (κ2) is 7.35. The van der Waals surface area contributed by atoms with Gasteiger partial charge in [-0.25, -0.2) is 13.1 Å². The Labute approximate surface area is 127 Å². The van der Waals surface area contributed by atoms with Crippen LogP contribution in [0.3, 0.4) is 0 Å². The molecule has 118 valence electrons. The highest BCUT2D eigenvalue weighted by atomic mass is 32.2. The van der Waals surface area contributed by atoms with Gasteiger partial charge in [-0.05, 0) is 43.5 Å². The Morgan fingerprint density at radius 1 is 1.38 bits per heavy atom. The average molecular weight is 311 g/mol. The van der Waals surface area contributed by atoms with Crippen molar-refractivity contribution in [2.24, 2.45) is 11.7 Å². The summed E-state index contributed by atoms with van der Waals surface area (Å²) in [7, 11) is -1.20.